The van der Waals surface area contributed by atoms with Crippen molar-refractivity contribution in [3.8, 4) is 5.88 Å². The molecule has 5 aromatic rings. The molecule has 216 valence electrons. The summed E-state index contributed by atoms with van der Waals surface area (Å²) in [7, 11) is 0. The third kappa shape index (κ3) is 4.40. The van der Waals surface area contributed by atoms with E-state index in [-0.39, 0.29) is 29.8 Å². The van der Waals surface area contributed by atoms with Gasteiger partial charge in [-0.2, -0.15) is 4.98 Å². The van der Waals surface area contributed by atoms with Crippen LogP contribution in [0, 0.1) is 24.0 Å². The number of pyridine rings is 2. The van der Waals surface area contributed by atoms with Gasteiger partial charge in [-0.1, -0.05) is 12.1 Å². The van der Waals surface area contributed by atoms with Crippen molar-refractivity contribution in [2.45, 2.75) is 57.8 Å². The molecule has 42 heavy (non-hydrogen) atoms. The molecule has 2 unspecified atom stereocenters. The van der Waals surface area contributed by atoms with Gasteiger partial charge in [0.2, 0.25) is 0 Å². The first-order valence-corrected chi connectivity index (χ1v) is 14.7. The summed E-state index contributed by atoms with van der Waals surface area (Å²) in [5.41, 5.74) is 5.22. The van der Waals surface area contributed by atoms with Gasteiger partial charge < -0.3 is 23.3 Å². The second-order valence-corrected chi connectivity index (χ2v) is 12.1. The quantitative estimate of drug-likeness (QED) is 0.246. The van der Waals surface area contributed by atoms with Crippen molar-refractivity contribution in [3.63, 3.8) is 0 Å². The molecule has 6 heterocycles. The highest BCUT2D eigenvalue weighted by atomic mass is 19.1. The van der Waals surface area contributed by atoms with E-state index in [2.05, 4.69) is 39.7 Å². The predicted octanol–water partition coefficient (Wildman–Crippen LogP) is 5.81. The van der Waals surface area contributed by atoms with Crippen LogP contribution in [0.2, 0.25) is 0 Å². The van der Waals surface area contributed by atoms with Gasteiger partial charge in [0.05, 0.1) is 23.7 Å². The van der Waals surface area contributed by atoms with E-state index in [1.165, 1.54) is 11.1 Å². The Morgan fingerprint density at radius 3 is 2.74 bits per heavy atom. The fourth-order valence-corrected chi connectivity index (χ4v) is 6.74. The molecule has 0 bridgehead atoms. The van der Waals surface area contributed by atoms with E-state index in [0.29, 0.717) is 19.0 Å². The fourth-order valence-electron chi connectivity index (χ4n) is 6.74. The summed E-state index contributed by atoms with van der Waals surface area (Å²) in [6, 6.07) is 11.1. The highest BCUT2D eigenvalue weighted by Gasteiger charge is 2.57. The van der Waals surface area contributed by atoms with E-state index in [9.17, 15) is 8.78 Å². The number of hydrogen-bond acceptors (Lipinski definition) is 6. The summed E-state index contributed by atoms with van der Waals surface area (Å²) in [6.45, 7) is 5.18. The summed E-state index contributed by atoms with van der Waals surface area (Å²) >= 11 is 0. The van der Waals surface area contributed by atoms with Crippen LogP contribution < -0.4 is 9.64 Å². The highest BCUT2D eigenvalue weighted by Crippen LogP contribution is 2.65. The summed E-state index contributed by atoms with van der Waals surface area (Å²) in [5.74, 6) is -0.00129. The van der Waals surface area contributed by atoms with Gasteiger partial charge in [-0.15, -0.1) is 0 Å². The molecule has 0 N–H and O–H groups in total. The first-order valence-electron chi connectivity index (χ1n) is 14.7. The molecule has 0 radical (unpaired) electrons. The zero-order valence-corrected chi connectivity index (χ0v) is 23.5. The number of halogens is 2. The molecule has 1 spiro atoms. The maximum atomic E-state index is 15.0. The average Bonchev–Trinajstić information content (AvgIpc) is 3.27. The normalized spacial score (nSPS) is 21.3. The summed E-state index contributed by atoms with van der Waals surface area (Å²) in [4.78, 5) is 15.6. The molecule has 0 amide bonds. The van der Waals surface area contributed by atoms with Gasteiger partial charge in [0.1, 0.15) is 18.1 Å². The van der Waals surface area contributed by atoms with Crippen molar-refractivity contribution in [3.05, 3.63) is 83.6 Å². The van der Waals surface area contributed by atoms with Crippen molar-refractivity contribution >= 4 is 22.5 Å². The van der Waals surface area contributed by atoms with Gasteiger partial charge in [-0.3, -0.25) is 0 Å². The van der Waals surface area contributed by atoms with Gasteiger partial charge in [0.15, 0.2) is 17.5 Å². The minimum Gasteiger partial charge on any atom is -0.471 e. The average molecular weight is 571 g/mol. The van der Waals surface area contributed by atoms with Crippen LogP contribution in [0.25, 0.3) is 16.7 Å². The molecule has 2 saturated heterocycles. The van der Waals surface area contributed by atoms with Gasteiger partial charge in [0, 0.05) is 55.8 Å². The second kappa shape index (κ2) is 9.76. The van der Waals surface area contributed by atoms with Crippen molar-refractivity contribution in [1.82, 2.24) is 23.9 Å². The molecule has 3 fully saturated rings. The molecule has 8 nitrogen and oxygen atoms in total. The monoisotopic (exact) mass is 570 g/mol. The molecule has 1 aromatic carbocycles. The minimum atomic E-state index is -0.805. The topological polar surface area (TPSA) is 69.7 Å². The lowest BCUT2D eigenvalue weighted by molar-refractivity contribution is -0.0590. The number of nitrogens with zero attached hydrogens (tertiary/aromatic N) is 6. The summed E-state index contributed by atoms with van der Waals surface area (Å²) in [6.07, 6.45) is 9.62. The van der Waals surface area contributed by atoms with E-state index in [4.69, 9.17) is 14.5 Å². The maximum absolute atomic E-state index is 15.0. The SMILES string of the molecule is Cc1ccc2nc(C3CC34CCN(c3nc(OCc5ccc6nccn6c5)c(F)cc3F)CC4)n(CC3CCO3)c2c1. The Hall–Kier alpha value is -4.05. The van der Waals surface area contributed by atoms with E-state index < -0.39 is 11.6 Å². The summed E-state index contributed by atoms with van der Waals surface area (Å²) in [5, 5.41) is 0. The maximum Gasteiger partial charge on any atom is 0.252 e. The zero-order valence-electron chi connectivity index (χ0n) is 23.5. The summed E-state index contributed by atoms with van der Waals surface area (Å²) < 4.78 is 45.4. The lowest BCUT2D eigenvalue weighted by Gasteiger charge is -2.34. The number of anilines is 1. The molecule has 2 atom stereocenters. The van der Waals surface area contributed by atoms with Crippen LogP contribution in [0.15, 0.2) is 55.0 Å². The molecule has 4 aromatic heterocycles. The molecule has 1 saturated carbocycles. The van der Waals surface area contributed by atoms with Gasteiger partial charge in [0.25, 0.3) is 5.88 Å². The first-order chi connectivity index (χ1) is 20.5. The van der Waals surface area contributed by atoms with E-state index in [1.54, 1.807) is 6.20 Å². The Morgan fingerprint density at radius 1 is 1.07 bits per heavy atom. The third-order valence-corrected chi connectivity index (χ3v) is 9.38. The van der Waals surface area contributed by atoms with E-state index >= 15 is 0 Å². The van der Waals surface area contributed by atoms with Crippen LogP contribution in [0.5, 0.6) is 5.88 Å². The van der Waals surface area contributed by atoms with Crippen LogP contribution in [0.1, 0.15) is 48.6 Å². The molecular weight excluding hydrogens is 538 g/mol. The fraction of sp³-hybridized carbons (Fsp3) is 0.406. The largest absolute Gasteiger partial charge is 0.471 e. The number of imidazole rings is 2. The van der Waals surface area contributed by atoms with Crippen LogP contribution in [-0.2, 0) is 17.9 Å². The molecular formula is C32H32F2N6O2. The smallest absolute Gasteiger partial charge is 0.252 e. The molecule has 2 aliphatic heterocycles. The van der Waals surface area contributed by atoms with Gasteiger partial charge in [-0.05, 0) is 61.8 Å². The number of fused-ring (bicyclic) bond motifs is 2. The van der Waals surface area contributed by atoms with Crippen molar-refractivity contribution in [2.24, 2.45) is 5.41 Å². The van der Waals surface area contributed by atoms with Crippen molar-refractivity contribution < 1.29 is 18.3 Å². The van der Waals surface area contributed by atoms with Crippen LogP contribution >= 0.6 is 0 Å². The Bertz CT molecular complexity index is 1800. The van der Waals surface area contributed by atoms with E-state index in [1.807, 2.05) is 33.8 Å². The first kappa shape index (κ1) is 25.6. The molecule has 10 heteroatoms. The molecule has 3 aliphatic rings. The molecule has 8 rings (SSSR count). The van der Waals surface area contributed by atoms with Crippen LogP contribution in [-0.4, -0.2) is 49.7 Å². The number of rotatable bonds is 7. The number of ether oxygens (including phenoxy) is 2. The highest BCUT2D eigenvalue weighted by molar-refractivity contribution is 5.77. The zero-order chi connectivity index (χ0) is 28.4. The van der Waals surface area contributed by atoms with Gasteiger partial charge in [-0.25, -0.2) is 18.7 Å². The number of piperidine rings is 1. The van der Waals surface area contributed by atoms with Crippen molar-refractivity contribution in [2.75, 3.05) is 24.6 Å². The number of aryl methyl sites for hydroxylation is 1. The lowest BCUT2D eigenvalue weighted by atomic mass is 9.90. The Balaban J connectivity index is 0.983. The van der Waals surface area contributed by atoms with Crippen LogP contribution in [0.4, 0.5) is 14.6 Å². The van der Waals surface area contributed by atoms with Crippen LogP contribution in [0.3, 0.4) is 0 Å². The molecule has 1 aliphatic carbocycles. The van der Waals surface area contributed by atoms with Gasteiger partial charge >= 0.3 is 0 Å². The Labute approximate surface area is 241 Å². The number of hydrogen-bond donors (Lipinski definition) is 0. The second-order valence-electron chi connectivity index (χ2n) is 12.1. The standard InChI is InChI=1S/C32H32F2N6O2/c1-20-2-4-26-27(14-20)40(18-22-6-13-41-22)29(36-26)23-16-32(23)7-10-38(11-8-32)30-24(33)15-25(34)31(37-30)42-19-21-3-5-28-35-9-12-39(28)17-21/h2-5,9,12,14-15,17,22-23H,6-8,10-11,13,16,18-19H2,1H3. The Kier molecular flexibility index (Phi) is 5.96. The number of aromatic nitrogens is 5. The lowest BCUT2D eigenvalue weighted by Crippen LogP contribution is -2.36. The minimum absolute atomic E-state index is 0.111. The number of benzene rings is 1. The third-order valence-electron chi connectivity index (χ3n) is 9.38. The van der Waals surface area contributed by atoms with Crippen molar-refractivity contribution in [1.29, 1.82) is 0 Å². The Morgan fingerprint density at radius 2 is 1.93 bits per heavy atom. The van der Waals surface area contributed by atoms with E-state index in [0.717, 1.165) is 67.5 Å². The predicted molar refractivity (Wildman–Crippen MR) is 154 cm³/mol.